The number of imidazole rings is 1. The predicted molar refractivity (Wildman–Crippen MR) is 134 cm³/mol. The zero-order valence-corrected chi connectivity index (χ0v) is 20.5. The largest absolute Gasteiger partial charge is 0.250 e. The monoisotopic (exact) mass is 425 g/mol. The Labute approximate surface area is 192 Å². The van der Waals surface area contributed by atoms with E-state index >= 15 is 0 Å². The molecule has 1 N–H and O–H groups in total. The Morgan fingerprint density at radius 1 is 0.710 bits per heavy atom. The molecule has 0 amide bonds. The normalized spacial score (nSPS) is 13.4. The maximum Gasteiger partial charge on any atom is 0.241 e. The van der Waals surface area contributed by atoms with Gasteiger partial charge in [0, 0.05) is 5.92 Å². The molecular weight excluding hydrogens is 376 g/mol. The Morgan fingerprint density at radius 3 is 1.87 bits per heavy atom. The molecule has 0 bridgehead atoms. The average Bonchev–Trinajstić information content (AvgIpc) is 3.33. The molecule has 2 rings (SSSR count). The number of H-pyrrole nitrogens is 1. The highest BCUT2D eigenvalue weighted by atomic mass is 15.1. The molecule has 0 aliphatic heterocycles. The van der Waals surface area contributed by atoms with Crippen molar-refractivity contribution in [1.29, 1.82) is 0 Å². The maximum atomic E-state index is 3.31. The Hall–Kier alpha value is -1.57. The summed E-state index contributed by atoms with van der Waals surface area (Å²) in [6, 6.07) is 11.8. The summed E-state index contributed by atoms with van der Waals surface area (Å²) >= 11 is 0. The SMILES string of the molecule is CCCCCCCCCC(Cc1ccccc1)C(CCCCCCCC)[n+]1cc[nH]c1. The van der Waals surface area contributed by atoms with Crippen LogP contribution in [-0.2, 0) is 6.42 Å². The van der Waals surface area contributed by atoms with E-state index in [9.17, 15) is 0 Å². The average molecular weight is 426 g/mol. The van der Waals surface area contributed by atoms with E-state index in [1.165, 1.54) is 108 Å². The second-order valence-corrected chi connectivity index (χ2v) is 9.54. The zero-order valence-electron chi connectivity index (χ0n) is 20.5. The van der Waals surface area contributed by atoms with Gasteiger partial charge in [0.25, 0.3) is 0 Å². The molecule has 2 unspecified atom stereocenters. The molecule has 0 aliphatic rings. The van der Waals surface area contributed by atoms with Crippen LogP contribution in [0.2, 0.25) is 0 Å². The van der Waals surface area contributed by atoms with Gasteiger partial charge in [0.2, 0.25) is 6.33 Å². The van der Waals surface area contributed by atoms with Crippen molar-refractivity contribution < 1.29 is 4.57 Å². The van der Waals surface area contributed by atoms with Gasteiger partial charge in [0.05, 0.1) is 0 Å². The van der Waals surface area contributed by atoms with Crippen molar-refractivity contribution in [1.82, 2.24) is 4.98 Å². The highest BCUT2D eigenvalue weighted by Gasteiger charge is 2.26. The molecule has 1 heterocycles. The minimum Gasteiger partial charge on any atom is -0.250 e. The van der Waals surface area contributed by atoms with Gasteiger partial charge >= 0.3 is 0 Å². The van der Waals surface area contributed by atoms with E-state index in [0.717, 1.165) is 5.92 Å². The second kappa shape index (κ2) is 17.0. The molecule has 2 nitrogen and oxygen atoms in total. The standard InChI is InChI=1S/C29H48N2/c1-3-5-7-9-11-12-17-21-28(25-27-19-15-14-16-20-27)29(31-24-23-30-26-31)22-18-13-10-8-6-4-2/h14-16,19-20,23-24,26,28-29H,3-13,17-18,21-22,25H2,1-2H3/p+1. The summed E-state index contributed by atoms with van der Waals surface area (Å²) < 4.78 is 2.47. The lowest BCUT2D eigenvalue weighted by Crippen LogP contribution is -2.42. The van der Waals surface area contributed by atoms with Crippen molar-refractivity contribution in [2.75, 3.05) is 0 Å². The minimum absolute atomic E-state index is 0.609. The summed E-state index contributed by atoms with van der Waals surface area (Å²) in [6.07, 6.45) is 28.4. The van der Waals surface area contributed by atoms with Gasteiger partial charge in [-0.05, 0) is 31.2 Å². The molecule has 0 fully saturated rings. The molecule has 0 spiro atoms. The van der Waals surface area contributed by atoms with Crippen LogP contribution in [0.4, 0.5) is 0 Å². The van der Waals surface area contributed by atoms with Gasteiger partial charge in [-0.3, -0.25) is 4.98 Å². The summed E-state index contributed by atoms with van der Waals surface area (Å²) in [7, 11) is 0. The summed E-state index contributed by atoms with van der Waals surface area (Å²) in [6.45, 7) is 4.60. The van der Waals surface area contributed by atoms with E-state index in [-0.39, 0.29) is 0 Å². The number of nitrogens with one attached hydrogen (secondary N) is 1. The first-order chi connectivity index (χ1) is 15.3. The van der Waals surface area contributed by atoms with Gasteiger partial charge in [-0.2, -0.15) is 0 Å². The molecule has 1 aromatic carbocycles. The number of aromatic nitrogens is 2. The number of nitrogens with zero attached hydrogens (tertiary/aromatic N) is 1. The number of aromatic amines is 1. The lowest BCUT2D eigenvalue weighted by atomic mass is 9.84. The van der Waals surface area contributed by atoms with Crippen LogP contribution in [0, 0.1) is 5.92 Å². The van der Waals surface area contributed by atoms with Crippen molar-refractivity contribution in [3.8, 4) is 0 Å². The molecule has 2 heteroatoms. The summed E-state index contributed by atoms with van der Waals surface area (Å²) in [5, 5.41) is 0. The van der Waals surface area contributed by atoms with Crippen LogP contribution in [0.15, 0.2) is 49.1 Å². The Morgan fingerprint density at radius 2 is 1.29 bits per heavy atom. The topological polar surface area (TPSA) is 19.7 Å². The second-order valence-electron chi connectivity index (χ2n) is 9.54. The van der Waals surface area contributed by atoms with Crippen LogP contribution in [0.5, 0.6) is 0 Å². The van der Waals surface area contributed by atoms with Crippen molar-refractivity contribution in [3.05, 3.63) is 54.6 Å². The first-order valence-electron chi connectivity index (χ1n) is 13.4. The summed E-state index contributed by atoms with van der Waals surface area (Å²) in [4.78, 5) is 3.31. The lowest BCUT2D eigenvalue weighted by molar-refractivity contribution is -0.730. The van der Waals surface area contributed by atoms with E-state index in [1.807, 2.05) is 0 Å². The van der Waals surface area contributed by atoms with E-state index in [4.69, 9.17) is 0 Å². The fourth-order valence-electron chi connectivity index (χ4n) is 4.98. The van der Waals surface area contributed by atoms with E-state index < -0.39 is 0 Å². The van der Waals surface area contributed by atoms with E-state index in [0.29, 0.717) is 6.04 Å². The molecule has 2 atom stereocenters. The Bertz CT molecular complexity index is 619. The van der Waals surface area contributed by atoms with Crippen molar-refractivity contribution >= 4 is 0 Å². The molecule has 0 radical (unpaired) electrons. The summed E-state index contributed by atoms with van der Waals surface area (Å²) in [5.41, 5.74) is 1.50. The molecular formula is C29H49N2+. The Balaban J connectivity index is 1.94. The van der Waals surface area contributed by atoms with Gasteiger partial charge in [-0.15, -0.1) is 0 Å². The van der Waals surface area contributed by atoms with E-state index in [2.05, 4.69) is 72.5 Å². The predicted octanol–water partition coefficient (Wildman–Crippen LogP) is 8.59. The van der Waals surface area contributed by atoms with Crippen LogP contribution < -0.4 is 4.57 Å². The molecule has 174 valence electrons. The third-order valence-corrected chi connectivity index (χ3v) is 6.87. The Kier molecular flexibility index (Phi) is 14.1. The molecule has 2 aromatic rings. The smallest absolute Gasteiger partial charge is 0.241 e. The molecule has 1 aromatic heterocycles. The number of hydrogen-bond acceptors (Lipinski definition) is 0. The summed E-state index contributed by atoms with van der Waals surface area (Å²) in [5.74, 6) is 0.717. The van der Waals surface area contributed by atoms with Crippen molar-refractivity contribution in [2.24, 2.45) is 5.92 Å². The first kappa shape index (κ1) is 25.7. The van der Waals surface area contributed by atoms with Gasteiger partial charge in [-0.25, -0.2) is 4.57 Å². The number of unbranched alkanes of at least 4 members (excludes halogenated alkanes) is 11. The van der Waals surface area contributed by atoms with Gasteiger partial charge in [0.15, 0.2) is 0 Å². The van der Waals surface area contributed by atoms with Gasteiger partial charge in [-0.1, -0.05) is 121 Å². The van der Waals surface area contributed by atoms with E-state index in [1.54, 1.807) is 0 Å². The molecule has 0 aliphatic carbocycles. The third-order valence-electron chi connectivity index (χ3n) is 6.87. The van der Waals surface area contributed by atoms with Crippen molar-refractivity contribution in [3.63, 3.8) is 0 Å². The highest BCUT2D eigenvalue weighted by molar-refractivity contribution is 5.15. The fourth-order valence-corrected chi connectivity index (χ4v) is 4.98. The lowest BCUT2D eigenvalue weighted by Gasteiger charge is -2.25. The van der Waals surface area contributed by atoms with Crippen molar-refractivity contribution in [2.45, 2.75) is 123 Å². The van der Waals surface area contributed by atoms with Crippen LogP contribution in [-0.4, -0.2) is 4.98 Å². The first-order valence-corrected chi connectivity index (χ1v) is 13.4. The van der Waals surface area contributed by atoms with Crippen LogP contribution in [0.25, 0.3) is 0 Å². The number of hydrogen-bond donors (Lipinski definition) is 1. The quantitative estimate of drug-likeness (QED) is 0.172. The molecule has 0 saturated heterocycles. The van der Waals surface area contributed by atoms with Crippen LogP contribution in [0.3, 0.4) is 0 Å². The molecule has 0 saturated carbocycles. The number of benzene rings is 1. The van der Waals surface area contributed by atoms with Gasteiger partial charge < -0.3 is 0 Å². The third kappa shape index (κ3) is 11.0. The number of rotatable bonds is 19. The minimum atomic E-state index is 0.609. The van der Waals surface area contributed by atoms with Crippen LogP contribution in [0.1, 0.15) is 122 Å². The van der Waals surface area contributed by atoms with Gasteiger partial charge in [0.1, 0.15) is 18.4 Å². The highest BCUT2D eigenvalue weighted by Crippen LogP contribution is 2.29. The molecule has 31 heavy (non-hydrogen) atoms. The zero-order chi connectivity index (χ0) is 22.0. The fraction of sp³-hybridized carbons (Fsp3) is 0.690. The maximum absolute atomic E-state index is 3.31. The van der Waals surface area contributed by atoms with Crippen LogP contribution >= 0.6 is 0 Å².